The van der Waals surface area contributed by atoms with Crippen LogP contribution in [-0.4, -0.2) is 43.5 Å². The first-order valence-corrected chi connectivity index (χ1v) is 5.03. The Morgan fingerprint density at radius 1 is 1.57 bits per heavy atom. The largest absolute Gasteiger partial charge is 0.352 e. The monoisotopic (exact) mass is 199 g/mol. The lowest BCUT2D eigenvalue weighted by Gasteiger charge is -2.50. The fourth-order valence-corrected chi connectivity index (χ4v) is 1.73. The Morgan fingerprint density at radius 2 is 2.14 bits per heavy atom. The molecule has 2 atom stereocenters. The van der Waals surface area contributed by atoms with Gasteiger partial charge in [-0.2, -0.15) is 0 Å². The molecule has 2 unspecified atom stereocenters. The molecule has 14 heavy (non-hydrogen) atoms. The van der Waals surface area contributed by atoms with Crippen LogP contribution >= 0.6 is 0 Å². The molecular formula is C10H21N3O. The van der Waals surface area contributed by atoms with Crippen molar-refractivity contribution in [2.45, 2.75) is 32.4 Å². The molecule has 82 valence electrons. The molecule has 1 saturated carbocycles. The molecule has 0 aliphatic heterocycles. The average Bonchev–Trinajstić information content (AvgIpc) is 2.02. The molecule has 1 rings (SSSR count). The van der Waals surface area contributed by atoms with E-state index in [9.17, 15) is 4.79 Å². The Balaban J connectivity index is 2.36. The second-order valence-electron chi connectivity index (χ2n) is 5.02. The molecule has 0 heterocycles. The van der Waals surface area contributed by atoms with Gasteiger partial charge >= 0.3 is 0 Å². The number of amides is 1. The van der Waals surface area contributed by atoms with Crippen LogP contribution in [0.25, 0.3) is 0 Å². The van der Waals surface area contributed by atoms with E-state index in [1.807, 2.05) is 19.0 Å². The minimum atomic E-state index is 0.0436. The minimum absolute atomic E-state index is 0.0436. The van der Waals surface area contributed by atoms with Gasteiger partial charge in [-0.05, 0) is 20.5 Å². The van der Waals surface area contributed by atoms with E-state index in [2.05, 4.69) is 19.2 Å². The van der Waals surface area contributed by atoms with Crippen LogP contribution in [0.4, 0.5) is 0 Å². The van der Waals surface area contributed by atoms with Crippen molar-refractivity contribution in [1.82, 2.24) is 10.2 Å². The molecule has 1 aliphatic carbocycles. The third kappa shape index (κ3) is 2.25. The van der Waals surface area contributed by atoms with Crippen LogP contribution in [0.3, 0.4) is 0 Å². The summed E-state index contributed by atoms with van der Waals surface area (Å²) in [6, 6.07) is 0.456. The van der Waals surface area contributed by atoms with E-state index < -0.39 is 0 Å². The van der Waals surface area contributed by atoms with Crippen molar-refractivity contribution in [3.63, 3.8) is 0 Å². The normalized spacial score (nSPS) is 29.9. The second kappa shape index (κ2) is 3.87. The van der Waals surface area contributed by atoms with E-state index in [0.717, 1.165) is 6.42 Å². The van der Waals surface area contributed by atoms with Gasteiger partial charge in [0, 0.05) is 17.5 Å². The smallest absolute Gasteiger partial charge is 0.234 e. The zero-order chi connectivity index (χ0) is 10.9. The van der Waals surface area contributed by atoms with Gasteiger partial charge in [0.1, 0.15) is 0 Å². The van der Waals surface area contributed by atoms with Gasteiger partial charge in [0.05, 0.1) is 6.54 Å². The first-order valence-electron chi connectivity index (χ1n) is 5.03. The Labute approximate surface area is 85.8 Å². The van der Waals surface area contributed by atoms with E-state index in [-0.39, 0.29) is 23.4 Å². The number of hydrogen-bond donors (Lipinski definition) is 2. The second-order valence-corrected chi connectivity index (χ2v) is 5.02. The minimum Gasteiger partial charge on any atom is -0.352 e. The quantitative estimate of drug-likeness (QED) is 0.661. The maximum absolute atomic E-state index is 11.5. The molecule has 0 radical (unpaired) electrons. The van der Waals surface area contributed by atoms with Crippen LogP contribution in [0, 0.1) is 5.41 Å². The third-order valence-corrected chi connectivity index (χ3v) is 3.14. The third-order valence-electron chi connectivity index (χ3n) is 3.14. The topological polar surface area (TPSA) is 58.4 Å². The summed E-state index contributed by atoms with van der Waals surface area (Å²) >= 11 is 0. The van der Waals surface area contributed by atoms with Crippen molar-refractivity contribution in [1.29, 1.82) is 0 Å². The number of nitrogens with zero attached hydrogens (tertiary/aromatic N) is 1. The molecule has 0 aromatic carbocycles. The number of nitrogens with one attached hydrogen (secondary N) is 1. The molecule has 1 fully saturated rings. The SMILES string of the molecule is CN(C)CC(=O)NC1CC(N)C1(C)C. The number of likely N-dealkylation sites (N-methyl/N-ethyl adjacent to an activating group) is 1. The van der Waals surface area contributed by atoms with Crippen LogP contribution in [0.1, 0.15) is 20.3 Å². The summed E-state index contributed by atoms with van der Waals surface area (Å²) in [6.07, 6.45) is 0.895. The van der Waals surface area contributed by atoms with Crippen LogP contribution in [0.15, 0.2) is 0 Å². The van der Waals surface area contributed by atoms with Gasteiger partial charge in [-0.15, -0.1) is 0 Å². The number of carbonyl (C=O) groups is 1. The van der Waals surface area contributed by atoms with Crippen molar-refractivity contribution in [3.05, 3.63) is 0 Å². The number of hydrogen-bond acceptors (Lipinski definition) is 3. The van der Waals surface area contributed by atoms with E-state index in [1.165, 1.54) is 0 Å². The highest BCUT2D eigenvalue weighted by Crippen LogP contribution is 2.38. The highest BCUT2D eigenvalue weighted by Gasteiger charge is 2.46. The number of carbonyl (C=O) groups excluding carboxylic acids is 1. The van der Waals surface area contributed by atoms with Gasteiger partial charge < -0.3 is 16.0 Å². The van der Waals surface area contributed by atoms with Gasteiger partial charge in [0.15, 0.2) is 0 Å². The standard InChI is InChI=1S/C10H21N3O/c1-10(2)7(11)5-8(10)12-9(14)6-13(3)4/h7-8H,5-6,11H2,1-4H3,(H,12,14). The Morgan fingerprint density at radius 3 is 2.50 bits per heavy atom. The zero-order valence-electron chi connectivity index (χ0n) is 9.50. The molecule has 0 bridgehead atoms. The van der Waals surface area contributed by atoms with E-state index in [0.29, 0.717) is 6.54 Å². The number of rotatable bonds is 3. The van der Waals surface area contributed by atoms with Crippen molar-refractivity contribution >= 4 is 5.91 Å². The van der Waals surface area contributed by atoms with Crippen molar-refractivity contribution in [2.75, 3.05) is 20.6 Å². The summed E-state index contributed by atoms with van der Waals surface area (Å²) in [4.78, 5) is 13.3. The van der Waals surface area contributed by atoms with E-state index in [1.54, 1.807) is 0 Å². The molecule has 1 aliphatic rings. The molecular weight excluding hydrogens is 178 g/mol. The molecule has 1 amide bonds. The van der Waals surface area contributed by atoms with Crippen LogP contribution in [-0.2, 0) is 4.79 Å². The molecule has 0 aromatic rings. The van der Waals surface area contributed by atoms with Gasteiger partial charge in [-0.25, -0.2) is 0 Å². The van der Waals surface area contributed by atoms with Gasteiger partial charge in [-0.3, -0.25) is 4.79 Å². The predicted octanol–water partition coefficient (Wildman–Crippen LogP) is -0.210. The maximum Gasteiger partial charge on any atom is 0.234 e. The fraction of sp³-hybridized carbons (Fsp3) is 0.900. The van der Waals surface area contributed by atoms with Crippen LogP contribution in [0.5, 0.6) is 0 Å². The number of nitrogens with two attached hydrogens (primary N) is 1. The molecule has 3 N–H and O–H groups in total. The summed E-state index contributed by atoms with van der Waals surface area (Å²) in [5.74, 6) is 0.0833. The van der Waals surface area contributed by atoms with E-state index in [4.69, 9.17) is 5.73 Å². The highest BCUT2D eigenvalue weighted by atomic mass is 16.2. The lowest BCUT2D eigenvalue weighted by atomic mass is 9.63. The molecule has 4 nitrogen and oxygen atoms in total. The lowest BCUT2D eigenvalue weighted by molar-refractivity contribution is -0.124. The Hall–Kier alpha value is -0.610. The summed E-state index contributed by atoms with van der Waals surface area (Å²) < 4.78 is 0. The predicted molar refractivity (Wildman–Crippen MR) is 56.9 cm³/mol. The highest BCUT2D eigenvalue weighted by molar-refractivity contribution is 5.78. The summed E-state index contributed by atoms with van der Waals surface area (Å²) in [5.41, 5.74) is 5.91. The fourth-order valence-electron chi connectivity index (χ4n) is 1.73. The van der Waals surface area contributed by atoms with Crippen LogP contribution < -0.4 is 11.1 Å². The van der Waals surface area contributed by atoms with Gasteiger partial charge in [0.25, 0.3) is 0 Å². The first-order chi connectivity index (χ1) is 6.34. The average molecular weight is 199 g/mol. The molecule has 0 saturated heterocycles. The van der Waals surface area contributed by atoms with Crippen molar-refractivity contribution in [2.24, 2.45) is 11.1 Å². The summed E-state index contributed by atoms with van der Waals surface area (Å²) in [5, 5.41) is 3.01. The lowest BCUT2D eigenvalue weighted by Crippen LogP contribution is -2.65. The van der Waals surface area contributed by atoms with Crippen LogP contribution in [0.2, 0.25) is 0 Å². The van der Waals surface area contributed by atoms with E-state index >= 15 is 0 Å². The van der Waals surface area contributed by atoms with Crippen molar-refractivity contribution < 1.29 is 4.79 Å². The maximum atomic E-state index is 11.5. The van der Waals surface area contributed by atoms with Gasteiger partial charge in [0.2, 0.25) is 5.91 Å². The zero-order valence-corrected chi connectivity index (χ0v) is 9.50. The summed E-state index contributed by atoms with van der Waals surface area (Å²) in [7, 11) is 3.77. The molecule has 0 aromatic heterocycles. The van der Waals surface area contributed by atoms with Gasteiger partial charge in [-0.1, -0.05) is 13.8 Å². The summed E-state index contributed by atoms with van der Waals surface area (Å²) in [6.45, 7) is 4.64. The Kier molecular flexibility index (Phi) is 3.17. The Bertz CT molecular complexity index is 225. The first kappa shape index (κ1) is 11.5. The molecule has 4 heteroatoms. The van der Waals surface area contributed by atoms with Crippen molar-refractivity contribution in [3.8, 4) is 0 Å². The molecule has 0 spiro atoms.